The van der Waals surface area contributed by atoms with Crippen LogP contribution in [0.4, 0.5) is 0 Å². The molecule has 0 atom stereocenters. The van der Waals surface area contributed by atoms with E-state index in [9.17, 15) is 4.21 Å². The first-order valence-corrected chi connectivity index (χ1v) is 19.3. The van der Waals surface area contributed by atoms with Crippen LogP contribution in [0.15, 0.2) is 136 Å². The normalized spacial score (nSPS) is 9.82. The van der Waals surface area contributed by atoms with Crippen molar-refractivity contribution in [2.45, 2.75) is 99.8 Å². The Morgan fingerprint density at radius 2 is 0.711 bits per heavy atom. The molecule has 4 aromatic rings. The Labute approximate surface area is 302 Å². The van der Waals surface area contributed by atoms with Gasteiger partial charge in [-0.3, -0.25) is 4.55 Å². The number of halogens is 2. The highest BCUT2D eigenvalue weighted by Crippen LogP contribution is 2.30. The van der Waals surface area contributed by atoms with E-state index in [4.69, 9.17) is 4.55 Å². The maximum absolute atomic E-state index is 10.3. The summed E-state index contributed by atoms with van der Waals surface area (Å²) in [6, 6.07) is 42.7. The molecule has 0 spiro atoms. The van der Waals surface area contributed by atoms with Crippen LogP contribution in [0.3, 0.4) is 0 Å². The zero-order valence-corrected chi connectivity index (χ0v) is 28.7. The number of hydrogen-bond acceptors (Lipinski definition) is 1. The van der Waals surface area contributed by atoms with Gasteiger partial charge in [-0.2, -0.15) is 4.21 Å². The van der Waals surface area contributed by atoms with Crippen molar-refractivity contribution in [3.8, 4) is 0 Å². The topological polar surface area (TPSA) is 37.3 Å². The minimum atomic E-state index is -3.13. The standard InChI is InChI=1S/C18H15S.C9H12.C4H10.C2H7IO2S.6CH4.ClH/c1-4-10-16(11-5-1)19(17-12-6-2-7-13-17)18-14-8-3-9-15-18;1-8(2)9-6-4-3-5-7-9;1-4(2)3;1-6(2,3,4)5;;;;;;;/h1-15H;3-8H,1-2H3;4H,1-3H3;1-2H3,(H,4,5);6*1H4;1H/q+1;;;;;;;;;;/p-1. The minimum absolute atomic E-state index is 0. The molecule has 0 unspecified atom stereocenters. The van der Waals surface area contributed by atoms with Crippen molar-refractivity contribution in [1.82, 2.24) is 0 Å². The fourth-order valence-electron chi connectivity index (χ4n) is 2.92. The van der Waals surface area contributed by atoms with Gasteiger partial charge in [0.25, 0.3) is 0 Å². The average Bonchev–Trinajstić information content (AvgIpc) is 2.85. The first-order valence-electron chi connectivity index (χ1n) is 12.8. The fraction of sp³-hybridized carbons (Fsp3) is 0.385. The van der Waals surface area contributed by atoms with E-state index in [0.29, 0.717) is 5.92 Å². The third-order valence-electron chi connectivity index (χ3n) is 4.40. The summed E-state index contributed by atoms with van der Waals surface area (Å²) in [5.74, 6) is 1.49. The highest BCUT2D eigenvalue weighted by Gasteiger charge is 2.27. The van der Waals surface area contributed by atoms with E-state index in [0.717, 1.165) is 5.92 Å². The van der Waals surface area contributed by atoms with Gasteiger partial charge in [-0.25, -0.2) is 0 Å². The maximum atomic E-state index is 10.3. The lowest BCUT2D eigenvalue weighted by molar-refractivity contribution is -0.0000133. The Bertz CT molecular complexity index is 1090. The van der Waals surface area contributed by atoms with Crippen molar-refractivity contribution in [2.75, 3.05) is 12.5 Å². The van der Waals surface area contributed by atoms with Crippen LogP contribution >= 0.6 is 21.2 Å². The van der Waals surface area contributed by atoms with E-state index in [1.165, 1.54) is 54.0 Å². The lowest BCUT2D eigenvalue weighted by Crippen LogP contribution is -3.00. The van der Waals surface area contributed by atoms with Crippen molar-refractivity contribution in [2.24, 2.45) is 5.92 Å². The Kier molecular flexibility index (Phi) is 38.9. The second-order valence-corrected chi connectivity index (χ2v) is 23.0. The molecule has 0 heterocycles. The van der Waals surface area contributed by atoms with Crippen molar-refractivity contribution < 1.29 is 21.2 Å². The van der Waals surface area contributed by atoms with E-state index >= 15 is 0 Å². The van der Waals surface area contributed by atoms with Crippen LogP contribution in [-0.4, -0.2) is 21.3 Å². The molecule has 0 saturated carbocycles. The number of rotatable bonds is 4. The molecule has 0 aromatic heterocycles. The number of hydrogen-bond donors (Lipinski definition) is 1. The minimum Gasteiger partial charge on any atom is -1.00 e. The van der Waals surface area contributed by atoms with Crippen LogP contribution in [0, 0.1) is 5.92 Å². The summed E-state index contributed by atoms with van der Waals surface area (Å²) in [5.41, 5.74) is 1.41. The average molecular weight is 795 g/mol. The van der Waals surface area contributed by atoms with E-state index in [1.807, 2.05) is 6.07 Å². The zero-order valence-electron chi connectivity index (χ0n) is 24.1. The van der Waals surface area contributed by atoms with Gasteiger partial charge < -0.3 is 12.4 Å². The summed E-state index contributed by atoms with van der Waals surface area (Å²) in [6.45, 7) is 7.78. The third kappa shape index (κ3) is 32.1. The SMILES string of the molecule is C.C.C.C.C.C.CC(C)C.CC(C)c1ccccc1.CS(C)(=O)(O)I.[Cl-].c1ccc([S+](c2ccccc2)c2ccccc2)cc1. The van der Waals surface area contributed by atoms with Gasteiger partial charge in [0.2, 0.25) is 0 Å². The van der Waals surface area contributed by atoms with Crippen molar-refractivity contribution in [3.63, 3.8) is 0 Å². The lowest BCUT2D eigenvalue weighted by atomic mass is 10.0. The largest absolute Gasteiger partial charge is 1.00 e. The molecule has 0 aliphatic rings. The molecule has 0 radical (unpaired) electrons. The van der Waals surface area contributed by atoms with Crippen LogP contribution in [-0.2, 0) is 17.4 Å². The smallest absolute Gasteiger partial charge is 0.166 e. The Hall–Kier alpha value is -1.64. The molecule has 4 aromatic carbocycles. The van der Waals surface area contributed by atoms with Gasteiger partial charge in [-0.05, 0) is 53.8 Å². The third-order valence-corrected chi connectivity index (χ3v) is 6.63. The van der Waals surface area contributed by atoms with Crippen LogP contribution in [0.25, 0.3) is 0 Å². The summed E-state index contributed by atoms with van der Waals surface area (Å²) in [6.07, 6.45) is 2.61. The van der Waals surface area contributed by atoms with Gasteiger partial charge in [0.15, 0.2) is 14.7 Å². The summed E-state index contributed by atoms with van der Waals surface area (Å²) in [7, 11) is -0.0146. The molecule has 262 valence electrons. The molecular formula is C39H68ClIO2S2. The molecular weight excluding hydrogens is 727 g/mol. The van der Waals surface area contributed by atoms with Gasteiger partial charge >= 0.3 is 0 Å². The molecule has 6 heteroatoms. The summed E-state index contributed by atoms with van der Waals surface area (Å²) in [5, 5.41) is 0. The van der Waals surface area contributed by atoms with Gasteiger partial charge in [0.05, 0.1) is 32.1 Å². The van der Waals surface area contributed by atoms with Crippen molar-refractivity contribution >= 4 is 38.6 Å². The van der Waals surface area contributed by atoms with Crippen LogP contribution in [0.5, 0.6) is 0 Å². The maximum Gasteiger partial charge on any atom is 0.166 e. The fourth-order valence-corrected chi connectivity index (χ4v) is 5.02. The molecule has 4 rings (SSSR count). The highest BCUT2D eigenvalue weighted by molar-refractivity contribution is 14.2. The summed E-state index contributed by atoms with van der Waals surface area (Å²) < 4.78 is 18.9. The Balaban J connectivity index is -0.0000000957. The van der Waals surface area contributed by atoms with Crippen molar-refractivity contribution in [3.05, 3.63) is 127 Å². The van der Waals surface area contributed by atoms with Crippen LogP contribution in [0.1, 0.15) is 90.7 Å². The van der Waals surface area contributed by atoms with E-state index in [-0.39, 0.29) is 67.9 Å². The molecule has 0 bridgehead atoms. The van der Waals surface area contributed by atoms with E-state index in [1.54, 1.807) is 0 Å². The quantitative estimate of drug-likeness (QED) is 0.127. The molecule has 0 fully saturated rings. The monoisotopic (exact) mass is 794 g/mol. The first-order chi connectivity index (χ1) is 17.7. The van der Waals surface area contributed by atoms with Crippen molar-refractivity contribution in [1.29, 1.82) is 0 Å². The second-order valence-electron chi connectivity index (χ2n) is 10.2. The van der Waals surface area contributed by atoms with Gasteiger partial charge in [-0.1, -0.05) is 164 Å². The molecule has 2 nitrogen and oxygen atoms in total. The second kappa shape index (κ2) is 29.7. The molecule has 0 aliphatic heterocycles. The molecule has 0 amide bonds. The summed E-state index contributed by atoms with van der Waals surface area (Å²) in [4.78, 5) is 4.08. The molecule has 0 saturated heterocycles. The van der Waals surface area contributed by atoms with Crippen LogP contribution < -0.4 is 12.4 Å². The zero-order chi connectivity index (χ0) is 28.6. The highest BCUT2D eigenvalue weighted by atomic mass is 127. The molecule has 45 heavy (non-hydrogen) atoms. The lowest BCUT2D eigenvalue weighted by Gasteiger charge is -2.23. The van der Waals surface area contributed by atoms with Crippen LogP contribution in [0.2, 0.25) is 0 Å². The summed E-state index contributed by atoms with van der Waals surface area (Å²) >= 11 is 1.52. The van der Waals surface area contributed by atoms with E-state index in [2.05, 4.69) is 150 Å². The first kappa shape index (κ1) is 58.9. The molecule has 0 aliphatic carbocycles. The van der Waals surface area contributed by atoms with Gasteiger partial charge in [0.1, 0.15) is 0 Å². The predicted molar refractivity (Wildman–Crippen MR) is 220 cm³/mol. The van der Waals surface area contributed by atoms with Gasteiger partial charge in [0, 0.05) is 12.5 Å². The Morgan fingerprint density at radius 3 is 0.867 bits per heavy atom. The number of benzene rings is 4. The Morgan fingerprint density at radius 1 is 0.533 bits per heavy atom. The van der Waals surface area contributed by atoms with Gasteiger partial charge in [-0.15, -0.1) is 6.52 Å². The molecule has 1 N–H and O–H groups in total. The predicted octanol–water partition coefficient (Wildman–Crippen LogP) is 11.0. The van der Waals surface area contributed by atoms with E-state index < -0.39 is 6.52 Å².